The van der Waals surface area contributed by atoms with Crippen LogP contribution in [0.1, 0.15) is 40.2 Å². The molecule has 0 saturated heterocycles. The number of ether oxygens (including phenoxy) is 1. The van der Waals surface area contributed by atoms with Gasteiger partial charge >= 0.3 is 25.0 Å². The fourth-order valence-corrected chi connectivity index (χ4v) is 5.05. The summed E-state index contributed by atoms with van der Waals surface area (Å²) >= 11 is 0. The van der Waals surface area contributed by atoms with Gasteiger partial charge in [0.15, 0.2) is 0 Å². The Kier molecular flexibility index (Phi) is 8.46. The van der Waals surface area contributed by atoms with E-state index in [0.717, 1.165) is 16.5 Å². The van der Waals surface area contributed by atoms with Gasteiger partial charge in [0.25, 0.3) is 0 Å². The number of hydrogen-bond donors (Lipinski definition) is 1. The first-order chi connectivity index (χ1) is 12.6. The van der Waals surface area contributed by atoms with Crippen LogP contribution >= 0.6 is 0 Å². The Hall–Kier alpha value is -1.20. The smallest absolute Gasteiger partial charge is 0.437 e. The molecule has 0 aliphatic carbocycles. The molecule has 2 aromatic rings. The Labute approximate surface area is 182 Å². The van der Waals surface area contributed by atoms with Crippen molar-refractivity contribution >= 4 is 25.2 Å². The summed E-state index contributed by atoms with van der Waals surface area (Å²) in [6.07, 6.45) is 2.39. The van der Waals surface area contributed by atoms with E-state index in [-0.39, 0.29) is 36.6 Å². The van der Waals surface area contributed by atoms with E-state index in [4.69, 9.17) is 4.74 Å². The molecule has 1 aromatic heterocycles. The summed E-state index contributed by atoms with van der Waals surface area (Å²) in [5, 5.41) is 10.7. The Morgan fingerprint density at radius 3 is 2.39 bits per heavy atom. The Morgan fingerprint density at radius 1 is 1.29 bits per heavy atom. The summed E-state index contributed by atoms with van der Waals surface area (Å²) in [7, 11) is -1.83. The number of nitrogens with zero attached hydrogens (tertiary/aromatic N) is 2. The third kappa shape index (κ3) is 4.86. The summed E-state index contributed by atoms with van der Waals surface area (Å²) in [6, 6.07) is 6.93. The van der Waals surface area contributed by atoms with Crippen LogP contribution in [-0.2, 0) is 6.42 Å². The predicted octanol–water partition coefficient (Wildman–Crippen LogP) is 1.67. The zero-order valence-electron chi connectivity index (χ0n) is 18.7. The van der Waals surface area contributed by atoms with E-state index in [9.17, 15) is 9.90 Å². The molecular formula is C21H33LiN2O3Si. The number of carbonyl (C=O) groups is 1. The van der Waals surface area contributed by atoms with Crippen molar-refractivity contribution < 1.29 is 33.5 Å². The van der Waals surface area contributed by atoms with E-state index in [1.165, 1.54) is 0 Å². The number of amides is 1. The standard InChI is InChI=1S/C21H33N2O3Si.Li/c1-8-22(9-2)20(25)26-17-10-11-19-18(14-17)16(12-13-24)15-23(19)27(6,7)21(3,4)5;/h11,14-15,24H,8-9,12-13H2,1-7H3;/q-1;+1. The molecule has 0 fully saturated rings. The molecule has 28 heavy (non-hydrogen) atoms. The van der Waals surface area contributed by atoms with Crippen LogP contribution in [0.3, 0.4) is 0 Å². The molecule has 1 N–H and O–H groups in total. The molecule has 0 aliphatic heterocycles. The topological polar surface area (TPSA) is 54.7 Å². The molecule has 0 atom stereocenters. The summed E-state index contributed by atoms with van der Waals surface area (Å²) in [5.41, 5.74) is 2.17. The normalized spacial score (nSPS) is 12.0. The first kappa shape index (κ1) is 24.8. The van der Waals surface area contributed by atoms with Gasteiger partial charge in [-0.15, -0.1) is 17.5 Å². The molecule has 1 amide bonds. The minimum Gasteiger partial charge on any atom is -0.437 e. The molecular weight excluding hydrogens is 363 g/mol. The van der Waals surface area contributed by atoms with Gasteiger partial charge in [0, 0.05) is 25.4 Å². The van der Waals surface area contributed by atoms with Crippen LogP contribution in [0.5, 0.6) is 5.75 Å². The first-order valence-electron chi connectivity index (χ1n) is 9.70. The van der Waals surface area contributed by atoms with E-state index < -0.39 is 8.24 Å². The van der Waals surface area contributed by atoms with Crippen LogP contribution in [0.25, 0.3) is 10.9 Å². The van der Waals surface area contributed by atoms with E-state index in [1.807, 2.05) is 26.0 Å². The Morgan fingerprint density at radius 2 is 1.89 bits per heavy atom. The van der Waals surface area contributed by atoms with Gasteiger partial charge in [0.2, 0.25) is 0 Å². The molecule has 0 bridgehead atoms. The van der Waals surface area contributed by atoms with Crippen LogP contribution in [-0.4, -0.2) is 48.3 Å². The number of rotatable bonds is 6. The number of fused-ring (bicyclic) bond motifs is 1. The third-order valence-electron chi connectivity index (χ3n) is 5.83. The molecule has 1 heterocycles. The quantitative estimate of drug-likeness (QED) is 0.597. The van der Waals surface area contributed by atoms with Crippen LogP contribution in [0.15, 0.2) is 18.3 Å². The second kappa shape index (κ2) is 9.54. The Bertz CT molecular complexity index is 808. The van der Waals surface area contributed by atoms with Gasteiger partial charge in [-0.05, 0) is 37.1 Å². The molecule has 7 heteroatoms. The van der Waals surface area contributed by atoms with Crippen molar-refractivity contribution in [3.05, 3.63) is 30.0 Å². The monoisotopic (exact) mass is 396 g/mol. The molecule has 0 aliphatic rings. The predicted molar refractivity (Wildman–Crippen MR) is 113 cm³/mol. The molecule has 5 nitrogen and oxygen atoms in total. The van der Waals surface area contributed by atoms with Crippen LogP contribution in [0.2, 0.25) is 18.1 Å². The average Bonchev–Trinajstić information content (AvgIpc) is 2.94. The number of hydrogen-bond acceptors (Lipinski definition) is 3. The number of aliphatic hydroxyl groups excluding tert-OH is 1. The second-order valence-electron chi connectivity index (χ2n) is 8.44. The minimum absolute atomic E-state index is 0. The van der Waals surface area contributed by atoms with Gasteiger partial charge in [0.05, 0.1) is 0 Å². The van der Waals surface area contributed by atoms with Gasteiger partial charge in [-0.2, -0.15) is 6.07 Å². The van der Waals surface area contributed by atoms with Crippen molar-refractivity contribution in [2.75, 3.05) is 19.7 Å². The molecule has 0 spiro atoms. The molecule has 0 saturated carbocycles. The fraction of sp³-hybridized carbons (Fsp3) is 0.571. The molecule has 0 unspecified atom stereocenters. The van der Waals surface area contributed by atoms with Crippen molar-refractivity contribution in [2.24, 2.45) is 0 Å². The van der Waals surface area contributed by atoms with Crippen molar-refractivity contribution in [1.29, 1.82) is 0 Å². The molecule has 1 aromatic carbocycles. The van der Waals surface area contributed by atoms with Gasteiger partial charge in [-0.3, -0.25) is 0 Å². The van der Waals surface area contributed by atoms with E-state index in [2.05, 4.69) is 50.4 Å². The minimum atomic E-state index is -1.83. The summed E-state index contributed by atoms with van der Waals surface area (Å²) < 4.78 is 7.92. The van der Waals surface area contributed by atoms with Crippen molar-refractivity contribution in [3.8, 4) is 5.75 Å². The molecule has 2 rings (SSSR count). The van der Waals surface area contributed by atoms with Crippen molar-refractivity contribution in [2.45, 2.75) is 59.2 Å². The fourth-order valence-electron chi connectivity index (χ4n) is 3.06. The van der Waals surface area contributed by atoms with Crippen LogP contribution in [0, 0.1) is 6.07 Å². The average molecular weight is 397 g/mol. The van der Waals surface area contributed by atoms with Crippen LogP contribution < -0.4 is 23.6 Å². The van der Waals surface area contributed by atoms with Gasteiger partial charge < -0.3 is 19.0 Å². The van der Waals surface area contributed by atoms with Crippen LogP contribution in [0.4, 0.5) is 4.79 Å². The first-order valence-corrected chi connectivity index (χ1v) is 12.6. The number of benzene rings is 1. The van der Waals surface area contributed by atoms with Gasteiger partial charge in [-0.25, -0.2) is 4.79 Å². The largest absolute Gasteiger partial charge is 1.00 e. The molecule has 150 valence electrons. The number of aromatic nitrogens is 1. The summed E-state index contributed by atoms with van der Waals surface area (Å²) in [5.74, 6) is 0.423. The van der Waals surface area contributed by atoms with Gasteiger partial charge in [0.1, 0.15) is 8.24 Å². The van der Waals surface area contributed by atoms with Gasteiger partial charge in [-0.1, -0.05) is 39.4 Å². The number of aliphatic hydroxyl groups is 1. The Balaban J connectivity index is 0.00000392. The zero-order chi connectivity index (χ0) is 20.4. The van der Waals surface area contributed by atoms with E-state index in [1.54, 1.807) is 4.90 Å². The zero-order valence-corrected chi connectivity index (χ0v) is 19.7. The van der Waals surface area contributed by atoms with E-state index in [0.29, 0.717) is 25.3 Å². The maximum atomic E-state index is 12.3. The maximum absolute atomic E-state index is 12.3. The molecule has 0 radical (unpaired) electrons. The third-order valence-corrected chi connectivity index (χ3v) is 11.1. The summed E-state index contributed by atoms with van der Waals surface area (Å²) in [4.78, 5) is 13.9. The van der Waals surface area contributed by atoms with Crippen molar-refractivity contribution in [1.82, 2.24) is 9.13 Å². The second-order valence-corrected chi connectivity index (χ2v) is 13.5. The van der Waals surface area contributed by atoms with Crippen molar-refractivity contribution in [3.63, 3.8) is 0 Å². The number of carbonyl (C=O) groups excluding carboxylic acids is 1. The summed E-state index contributed by atoms with van der Waals surface area (Å²) in [6.45, 7) is 16.7. The van der Waals surface area contributed by atoms with E-state index >= 15 is 0 Å². The SMILES string of the molecule is CCN(CC)C(=O)Oc1[c-]cc2c(c1)c(CCO)cn2[Si](C)(C)C(C)(C)C.[Li+]. The maximum Gasteiger partial charge on any atom is 1.00 e.